The van der Waals surface area contributed by atoms with Gasteiger partial charge >= 0.3 is 0 Å². The molecule has 2 aliphatic heterocycles. The highest BCUT2D eigenvalue weighted by Gasteiger charge is 2.38. The lowest BCUT2D eigenvalue weighted by molar-refractivity contribution is -0.125. The van der Waals surface area contributed by atoms with Crippen LogP contribution in [0.3, 0.4) is 0 Å². The van der Waals surface area contributed by atoms with Gasteiger partial charge in [-0.1, -0.05) is 29.8 Å². The topological polar surface area (TPSA) is 96.0 Å². The summed E-state index contributed by atoms with van der Waals surface area (Å²) in [5, 5.41) is 2.93. The number of carbonyl (C=O) groups is 2. The van der Waals surface area contributed by atoms with Crippen molar-refractivity contribution in [3.8, 4) is 0 Å². The lowest BCUT2D eigenvalue weighted by atomic mass is 10.1. The van der Waals surface area contributed by atoms with Gasteiger partial charge in [-0.15, -0.1) is 0 Å². The van der Waals surface area contributed by atoms with Crippen molar-refractivity contribution in [2.45, 2.75) is 37.6 Å². The van der Waals surface area contributed by atoms with Crippen LogP contribution in [0.25, 0.3) is 0 Å². The molecule has 1 fully saturated rings. The van der Waals surface area contributed by atoms with Gasteiger partial charge < -0.3 is 10.1 Å². The van der Waals surface area contributed by atoms with Gasteiger partial charge in [-0.3, -0.25) is 14.5 Å². The molecule has 1 N–H and O–H groups in total. The summed E-state index contributed by atoms with van der Waals surface area (Å²) >= 11 is 0. The quantitative estimate of drug-likeness (QED) is 0.691. The molecule has 176 valence electrons. The summed E-state index contributed by atoms with van der Waals surface area (Å²) in [6, 6.07) is 12.2. The molecule has 1 saturated heterocycles. The average Bonchev–Trinajstić information content (AvgIpc) is 3.20. The normalized spacial score (nSPS) is 18.7. The first-order valence-corrected chi connectivity index (χ1v) is 12.6. The van der Waals surface area contributed by atoms with Gasteiger partial charge in [-0.2, -0.15) is 4.31 Å². The van der Waals surface area contributed by atoms with E-state index in [2.05, 4.69) is 5.32 Å². The van der Waals surface area contributed by atoms with Gasteiger partial charge in [0.2, 0.25) is 21.8 Å². The van der Waals surface area contributed by atoms with E-state index in [-0.39, 0.29) is 23.1 Å². The number of nitrogens with zero attached hydrogens (tertiary/aromatic N) is 2. The number of anilines is 1. The standard InChI is InChI=1S/C24H29N3O5S/c1-17-3-5-19(6-4-17)9-10-25-24(29)23-16-20-15-21(7-8-22(20)27(23)18(2)28)33(30,31)26-11-13-32-14-12-26/h3-8,15,23H,9-14,16H2,1-2H3,(H,25,29)/t23-/m1/s1. The molecule has 8 nitrogen and oxygen atoms in total. The number of fused-ring (bicyclic) bond motifs is 1. The largest absolute Gasteiger partial charge is 0.379 e. The van der Waals surface area contributed by atoms with Crippen molar-refractivity contribution in [1.82, 2.24) is 9.62 Å². The Kier molecular flexibility index (Phi) is 6.83. The van der Waals surface area contributed by atoms with E-state index < -0.39 is 16.1 Å². The van der Waals surface area contributed by atoms with Crippen molar-refractivity contribution in [2.24, 2.45) is 0 Å². The summed E-state index contributed by atoms with van der Waals surface area (Å²) in [6.45, 7) is 5.25. The lowest BCUT2D eigenvalue weighted by Gasteiger charge is -2.26. The molecule has 2 amide bonds. The predicted molar refractivity (Wildman–Crippen MR) is 125 cm³/mol. The molecule has 2 aromatic carbocycles. The Balaban J connectivity index is 1.48. The van der Waals surface area contributed by atoms with E-state index in [1.54, 1.807) is 12.1 Å². The van der Waals surface area contributed by atoms with Crippen LogP contribution in [0.15, 0.2) is 47.4 Å². The zero-order valence-corrected chi connectivity index (χ0v) is 19.7. The molecule has 0 bridgehead atoms. The number of rotatable bonds is 6. The van der Waals surface area contributed by atoms with E-state index in [1.165, 1.54) is 27.8 Å². The number of sulfonamides is 1. The molecule has 0 aliphatic carbocycles. The summed E-state index contributed by atoms with van der Waals surface area (Å²) in [5.74, 6) is -0.498. The Morgan fingerprint density at radius 2 is 1.79 bits per heavy atom. The monoisotopic (exact) mass is 471 g/mol. The molecule has 1 atom stereocenters. The molecule has 0 unspecified atom stereocenters. The number of carbonyl (C=O) groups excluding carboxylic acids is 2. The van der Waals surface area contributed by atoms with Crippen LogP contribution in [-0.4, -0.2) is 63.4 Å². The highest BCUT2D eigenvalue weighted by Crippen LogP contribution is 2.35. The van der Waals surface area contributed by atoms with Crippen LogP contribution in [0.1, 0.15) is 23.6 Å². The van der Waals surface area contributed by atoms with Crippen molar-refractivity contribution < 1.29 is 22.7 Å². The molecule has 0 radical (unpaired) electrons. The van der Waals surface area contributed by atoms with Crippen molar-refractivity contribution in [1.29, 1.82) is 0 Å². The van der Waals surface area contributed by atoms with Crippen molar-refractivity contribution in [2.75, 3.05) is 37.7 Å². The Morgan fingerprint density at radius 3 is 2.45 bits per heavy atom. The van der Waals surface area contributed by atoms with Gasteiger partial charge in [0, 0.05) is 38.7 Å². The number of ether oxygens (including phenoxy) is 1. The third kappa shape index (κ3) is 4.95. The molecule has 33 heavy (non-hydrogen) atoms. The third-order valence-corrected chi connectivity index (χ3v) is 8.01. The van der Waals surface area contributed by atoms with Gasteiger partial charge in [-0.25, -0.2) is 8.42 Å². The highest BCUT2D eigenvalue weighted by atomic mass is 32.2. The van der Waals surface area contributed by atoms with Crippen LogP contribution in [0.4, 0.5) is 5.69 Å². The van der Waals surface area contributed by atoms with E-state index in [0.717, 1.165) is 5.56 Å². The van der Waals surface area contributed by atoms with E-state index in [1.807, 2.05) is 31.2 Å². The Hall–Kier alpha value is -2.75. The molecule has 2 aliphatic rings. The molecule has 0 aromatic heterocycles. The predicted octanol–water partition coefficient (Wildman–Crippen LogP) is 1.65. The molecule has 2 heterocycles. The minimum absolute atomic E-state index is 0.173. The number of aryl methyl sites for hydroxylation is 1. The second kappa shape index (κ2) is 9.62. The third-order valence-electron chi connectivity index (χ3n) is 6.12. The minimum atomic E-state index is -3.66. The van der Waals surface area contributed by atoms with Crippen LogP contribution in [0, 0.1) is 6.92 Å². The average molecular weight is 472 g/mol. The maximum atomic E-state index is 13.0. The summed E-state index contributed by atoms with van der Waals surface area (Å²) in [5.41, 5.74) is 3.57. The second-order valence-electron chi connectivity index (χ2n) is 8.44. The van der Waals surface area contributed by atoms with Crippen LogP contribution >= 0.6 is 0 Å². The van der Waals surface area contributed by atoms with E-state index in [4.69, 9.17) is 4.74 Å². The van der Waals surface area contributed by atoms with E-state index in [9.17, 15) is 18.0 Å². The van der Waals surface area contributed by atoms with Gasteiger partial charge in [0.1, 0.15) is 6.04 Å². The second-order valence-corrected chi connectivity index (χ2v) is 10.4. The van der Waals surface area contributed by atoms with Crippen LogP contribution < -0.4 is 10.2 Å². The van der Waals surface area contributed by atoms with Crippen LogP contribution in [0.5, 0.6) is 0 Å². The summed E-state index contributed by atoms with van der Waals surface area (Å²) in [6.07, 6.45) is 0.964. The molecule has 0 spiro atoms. The fourth-order valence-electron chi connectivity index (χ4n) is 4.33. The first-order valence-electron chi connectivity index (χ1n) is 11.1. The summed E-state index contributed by atoms with van der Waals surface area (Å²) in [7, 11) is -3.66. The fraction of sp³-hybridized carbons (Fsp3) is 0.417. The zero-order chi connectivity index (χ0) is 23.6. The number of amides is 2. The minimum Gasteiger partial charge on any atom is -0.379 e. The van der Waals surface area contributed by atoms with Crippen LogP contribution in [0.2, 0.25) is 0 Å². The first kappa shape index (κ1) is 23.4. The maximum absolute atomic E-state index is 13.0. The van der Waals surface area contributed by atoms with E-state index >= 15 is 0 Å². The number of morpholine rings is 1. The SMILES string of the molecule is CC(=O)N1c2ccc(S(=O)(=O)N3CCOCC3)cc2C[C@@H]1C(=O)NCCc1ccc(C)cc1. The van der Waals surface area contributed by atoms with Crippen molar-refractivity contribution >= 4 is 27.5 Å². The molecular weight excluding hydrogens is 442 g/mol. The van der Waals surface area contributed by atoms with Crippen molar-refractivity contribution in [3.05, 3.63) is 59.2 Å². The summed E-state index contributed by atoms with van der Waals surface area (Å²) in [4.78, 5) is 27.0. The molecule has 9 heteroatoms. The molecule has 0 saturated carbocycles. The number of hydrogen-bond donors (Lipinski definition) is 1. The highest BCUT2D eigenvalue weighted by molar-refractivity contribution is 7.89. The smallest absolute Gasteiger partial charge is 0.243 e. The maximum Gasteiger partial charge on any atom is 0.243 e. The zero-order valence-electron chi connectivity index (χ0n) is 18.9. The first-order chi connectivity index (χ1) is 15.8. The lowest BCUT2D eigenvalue weighted by Crippen LogP contribution is -2.47. The van der Waals surface area contributed by atoms with Gasteiger partial charge in [0.05, 0.1) is 18.1 Å². The number of hydrogen-bond acceptors (Lipinski definition) is 5. The molecule has 4 rings (SSSR count). The van der Waals surface area contributed by atoms with Crippen molar-refractivity contribution in [3.63, 3.8) is 0 Å². The Morgan fingerprint density at radius 1 is 1.09 bits per heavy atom. The Bertz CT molecular complexity index is 1140. The number of nitrogens with one attached hydrogen (secondary N) is 1. The summed E-state index contributed by atoms with van der Waals surface area (Å²) < 4.78 is 32.7. The van der Waals surface area contributed by atoms with Gasteiger partial charge in [-0.05, 0) is 42.7 Å². The molecule has 2 aromatic rings. The van der Waals surface area contributed by atoms with Gasteiger partial charge in [0.25, 0.3) is 0 Å². The Labute approximate surface area is 194 Å². The van der Waals surface area contributed by atoms with Crippen LogP contribution in [-0.2, 0) is 37.2 Å². The van der Waals surface area contributed by atoms with Gasteiger partial charge in [0.15, 0.2) is 0 Å². The molecular formula is C24H29N3O5S. The van der Waals surface area contributed by atoms with E-state index in [0.29, 0.717) is 50.5 Å². The number of benzene rings is 2. The fourth-order valence-corrected chi connectivity index (χ4v) is 5.79.